The summed E-state index contributed by atoms with van der Waals surface area (Å²) in [6.45, 7) is 1.34. The van der Waals surface area contributed by atoms with Gasteiger partial charge >= 0.3 is 5.97 Å². The molecule has 0 aliphatic heterocycles. The molecule has 0 N–H and O–H groups in total. The van der Waals surface area contributed by atoms with Gasteiger partial charge in [-0.1, -0.05) is 22.9 Å². The second-order valence-corrected chi connectivity index (χ2v) is 6.20. The molecule has 0 saturated heterocycles. The summed E-state index contributed by atoms with van der Waals surface area (Å²) >= 11 is 0. The molecular weight excluding hydrogens is 310 g/mol. The van der Waals surface area contributed by atoms with E-state index < -0.39 is 4.92 Å². The van der Waals surface area contributed by atoms with Gasteiger partial charge in [0.1, 0.15) is 5.75 Å². The lowest BCUT2D eigenvalue weighted by atomic mass is 10.3. The van der Waals surface area contributed by atoms with Crippen molar-refractivity contribution < 1.29 is 14.5 Å². The molecule has 0 amide bonds. The summed E-state index contributed by atoms with van der Waals surface area (Å²) in [5.41, 5.74) is 0.0894. The average molecular weight is 321 g/mol. The first-order valence-electron chi connectivity index (χ1n) is 5.92. The fraction of sp³-hybridized carbons (Fsp3) is 0.0714. The zero-order valence-electron chi connectivity index (χ0n) is 11.0. The van der Waals surface area contributed by atoms with Crippen LogP contribution in [-0.4, -0.2) is 10.9 Å². The van der Waals surface area contributed by atoms with Crippen molar-refractivity contribution in [2.75, 3.05) is 0 Å². The Kier molecular flexibility index (Phi) is 5.24. The lowest BCUT2D eigenvalue weighted by Crippen LogP contribution is -2.00. The highest BCUT2D eigenvalue weighted by molar-refractivity contribution is 8.76. The lowest BCUT2D eigenvalue weighted by Gasteiger charge is -2.04. The second kappa shape index (κ2) is 7.14. The number of ether oxygens (including phenoxy) is 1. The average Bonchev–Trinajstić information content (AvgIpc) is 2.46. The zero-order chi connectivity index (χ0) is 15.2. The van der Waals surface area contributed by atoms with Gasteiger partial charge in [-0.25, -0.2) is 0 Å². The van der Waals surface area contributed by atoms with E-state index in [1.165, 1.54) is 34.6 Å². The maximum Gasteiger partial charge on any atom is 0.308 e. The Balaban J connectivity index is 2.03. The summed E-state index contributed by atoms with van der Waals surface area (Å²) < 4.78 is 4.94. The van der Waals surface area contributed by atoms with Gasteiger partial charge < -0.3 is 4.74 Å². The molecule has 2 aromatic rings. The van der Waals surface area contributed by atoms with Crippen LogP contribution in [0, 0.1) is 10.1 Å². The summed E-state index contributed by atoms with van der Waals surface area (Å²) in [5.74, 6) is 0.104. The van der Waals surface area contributed by atoms with Crippen LogP contribution in [0.3, 0.4) is 0 Å². The van der Waals surface area contributed by atoms with Crippen LogP contribution in [0.25, 0.3) is 0 Å². The Morgan fingerprint density at radius 3 is 2.38 bits per heavy atom. The highest BCUT2D eigenvalue weighted by Crippen LogP contribution is 2.41. The monoisotopic (exact) mass is 321 g/mol. The lowest BCUT2D eigenvalue weighted by molar-refractivity contribution is -0.387. The molecule has 0 atom stereocenters. The standard InChI is InChI=1S/C14H11NO4S2/c1-10(16)19-11-6-8-12(9-7-11)20-21-14-5-3-2-4-13(14)15(17)18/h2-9H,1H3. The summed E-state index contributed by atoms with van der Waals surface area (Å²) in [4.78, 5) is 22.8. The minimum Gasteiger partial charge on any atom is -0.427 e. The largest absolute Gasteiger partial charge is 0.427 e. The van der Waals surface area contributed by atoms with Gasteiger partial charge in [0.25, 0.3) is 5.69 Å². The smallest absolute Gasteiger partial charge is 0.308 e. The summed E-state index contributed by atoms with van der Waals surface area (Å²) in [5, 5.41) is 10.9. The molecule has 0 spiro atoms. The van der Waals surface area contributed by atoms with E-state index >= 15 is 0 Å². The summed E-state index contributed by atoms with van der Waals surface area (Å²) in [6.07, 6.45) is 0. The van der Waals surface area contributed by atoms with Crippen LogP contribution in [0.2, 0.25) is 0 Å². The number of nitro benzene ring substituents is 1. The number of carbonyl (C=O) groups excluding carboxylic acids is 1. The SMILES string of the molecule is CC(=O)Oc1ccc(SSc2ccccc2[N+](=O)[O-])cc1. The number of nitrogens with zero attached hydrogens (tertiary/aromatic N) is 1. The highest BCUT2D eigenvalue weighted by atomic mass is 33.1. The van der Waals surface area contributed by atoms with Crippen LogP contribution in [0.5, 0.6) is 5.75 Å². The molecule has 0 heterocycles. The molecule has 7 heteroatoms. The van der Waals surface area contributed by atoms with E-state index in [-0.39, 0.29) is 11.7 Å². The molecule has 0 aliphatic rings. The van der Waals surface area contributed by atoms with E-state index in [1.807, 2.05) is 0 Å². The predicted octanol–water partition coefficient (Wildman–Crippen LogP) is 4.32. The van der Waals surface area contributed by atoms with E-state index in [2.05, 4.69) is 0 Å². The van der Waals surface area contributed by atoms with Crippen molar-refractivity contribution in [2.24, 2.45) is 0 Å². The van der Waals surface area contributed by atoms with E-state index in [1.54, 1.807) is 42.5 Å². The third-order valence-corrected chi connectivity index (χ3v) is 4.81. The molecule has 0 saturated carbocycles. The normalized spacial score (nSPS) is 10.1. The Bertz CT molecular complexity index is 658. The van der Waals surface area contributed by atoms with Crippen LogP contribution < -0.4 is 4.74 Å². The van der Waals surface area contributed by atoms with Gasteiger partial charge in [0.05, 0.1) is 9.82 Å². The first-order valence-corrected chi connectivity index (χ1v) is 8.07. The Morgan fingerprint density at radius 1 is 1.10 bits per heavy atom. The third kappa shape index (κ3) is 4.51. The quantitative estimate of drug-likeness (QED) is 0.268. The second-order valence-electron chi connectivity index (χ2n) is 3.96. The number of nitro groups is 1. The number of esters is 1. The first kappa shape index (κ1) is 15.4. The first-order chi connectivity index (χ1) is 10.1. The maximum absolute atomic E-state index is 10.9. The fourth-order valence-electron chi connectivity index (χ4n) is 1.50. The van der Waals surface area contributed by atoms with E-state index in [0.717, 1.165) is 4.90 Å². The molecule has 108 valence electrons. The Labute approximate surface area is 129 Å². The molecule has 0 radical (unpaired) electrons. The van der Waals surface area contributed by atoms with Gasteiger partial charge in [0.15, 0.2) is 0 Å². The van der Waals surface area contributed by atoms with Gasteiger partial charge in [-0.05, 0) is 41.1 Å². The molecule has 2 rings (SSSR count). The van der Waals surface area contributed by atoms with Crippen molar-refractivity contribution in [3.63, 3.8) is 0 Å². The number of para-hydroxylation sites is 1. The number of rotatable bonds is 5. The predicted molar refractivity (Wildman–Crippen MR) is 82.6 cm³/mol. The van der Waals surface area contributed by atoms with Gasteiger partial charge in [0, 0.05) is 17.9 Å². The number of benzene rings is 2. The van der Waals surface area contributed by atoms with Gasteiger partial charge in [-0.15, -0.1) is 0 Å². The molecule has 2 aromatic carbocycles. The van der Waals surface area contributed by atoms with E-state index in [4.69, 9.17) is 4.74 Å². The van der Waals surface area contributed by atoms with Crippen LogP contribution in [-0.2, 0) is 4.79 Å². The molecule has 21 heavy (non-hydrogen) atoms. The molecule has 0 aromatic heterocycles. The van der Waals surface area contributed by atoms with Gasteiger partial charge in [-0.3, -0.25) is 14.9 Å². The third-order valence-electron chi connectivity index (χ3n) is 2.37. The fourth-order valence-corrected chi connectivity index (χ4v) is 3.61. The minimum atomic E-state index is -0.396. The van der Waals surface area contributed by atoms with Crippen molar-refractivity contribution in [3.05, 3.63) is 58.6 Å². The van der Waals surface area contributed by atoms with Crippen molar-refractivity contribution in [1.82, 2.24) is 0 Å². The summed E-state index contributed by atoms with van der Waals surface area (Å²) in [7, 11) is 2.72. The maximum atomic E-state index is 10.9. The number of hydrogen-bond acceptors (Lipinski definition) is 6. The van der Waals surface area contributed by atoms with Crippen molar-refractivity contribution in [3.8, 4) is 5.75 Å². The molecule has 0 aliphatic carbocycles. The molecule has 0 fully saturated rings. The van der Waals surface area contributed by atoms with Gasteiger partial charge in [0.2, 0.25) is 0 Å². The topological polar surface area (TPSA) is 69.4 Å². The van der Waals surface area contributed by atoms with Crippen LogP contribution >= 0.6 is 21.6 Å². The molecular formula is C14H11NO4S2. The highest BCUT2D eigenvalue weighted by Gasteiger charge is 2.13. The van der Waals surface area contributed by atoms with Crippen molar-refractivity contribution in [1.29, 1.82) is 0 Å². The number of carbonyl (C=O) groups is 1. The summed E-state index contributed by atoms with van der Waals surface area (Å²) in [6, 6.07) is 13.6. The van der Waals surface area contributed by atoms with Crippen LogP contribution in [0.15, 0.2) is 58.3 Å². The van der Waals surface area contributed by atoms with Gasteiger partial charge in [-0.2, -0.15) is 0 Å². The Hall–Kier alpha value is -1.99. The zero-order valence-corrected chi connectivity index (χ0v) is 12.6. The Morgan fingerprint density at radius 2 is 1.76 bits per heavy atom. The molecule has 0 bridgehead atoms. The number of hydrogen-bond donors (Lipinski definition) is 0. The van der Waals surface area contributed by atoms with E-state index in [9.17, 15) is 14.9 Å². The molecule has 5 nitrogen and oxygen atoms in total. The molecule has 0 unspecified atom stereocenters. The van der Waals surface area contributed by atoms with E-state index in [0.29, 0.717) is 10.6 Å². The van der Waals surface area contributed by atoms with Crippen LogP contribution in [0.4, 0.5) is 5.69 Å². The minimum absolute atomic E-state index is 0.0894. The van der Waals surface area contributed by atoms with Crippen LogP contribution in [0.1, 0.15) is 6.92 Å². The van der Waals surface area contributed by atoms with Crippen molar-refractivity contribution >= 4 is 33.2 Å². The van der Waals surface area contributed by atoms with Crippen molar-refractivity contribution in [2.45, 2.75) is 16.7 Å².